The molecule has 1 unspecified atom stereocenters. The third-order valence-corrected chi connectivity index (χ3v) is 7.65. The van der Waals surface area contributed by atoms with Crippen molar-refractivity contribution in [2.24, 2.45) is 0 Å². The van der Waals surface area contributed by atoms with Crippen molar-refractivity contribution in [3.8, 4) is 0 Å². The Labute approximate surface area is 231 Å². The van der Waals surface area contributed by atoms with Crippen LogP contribution in [0.25, 0.3) is 0 Å². The zero-order valence-corrected chi connectivity index (χ0v) is 22.0. The Bertz CT molecular complexity index is 1110. The summed E-state index contributed by atoms with van der Waals surface area (Å²) in [5, 5.41) is 85.2. The van der Waals surface area contributed by atoms with Crippen LogP contribution in [0.15, 0.2) is 42.5 Å². The van der Waals surface area contributed by atoms with Gasteiger partial charge < -0.3 is 60.2 Å². The van der Waals surface area contributed by atoms with Gasteiger partial charge in [0.1, 0.15) is 48.8 Å². The molecule has 0 radical (unpaired) electrons. The van der Waals surface area contributed by atoms with Gasteiger partial charge >= 0.3 is 0 Å². The predicted molar refractivity (Wildman–Crippen MR) is 138 cm³/mol. The number of hydrogen-bond donors (Lipinski definition) is 9. The van der Waals surface area contributed by atoms with Crippen LogP contribution in [0.5, 0.6) is 0 Å². The first-order valence-electron chi connectivity index (χ1n) is 13.2. The molecule has 0 saturated carbocycles. The molecule has 0 amide bonds. The number of hydrogen-bond acceptors (Lipinski definition) is 12. The van der Waals surface area contributed by atoms with Crippen molar-refractivity contribution in [3.63, 3.8) is 0 Å². The van der Waals surface area contributed by atoms with E-state index in [2.05, 4.69) is 35.9 Å². The van der Waals surface area contributed by atoms with Gasteiger partial charge in [-0.15, -0.1) is 0 Å². The molecule has 2 fully saturated rings. The topological polar surface area (TPSA) is 210 Å². The Kier molecular flexibility index (Phi) is 9.94. The first kappa shape index (κ1) is 30.9. The van der Waals surface area contributed by atoms with E-state index in [1.165, 1.54) is 11.1 Å². The van der Waals surface area contributed by atoms with E-state index < -0.39 is 74.1 Å². The Balaban J connectivity index is 0.000000259. The quantitative estimate of drug-likeness (QED) is 0.188. The van der Waals surface area contributed by atoms with Gasteiger partial charge in [0.15, 0.2) is 6.29 Å². The van der Waals surface area contributed by atoms with E-state index in [0.29, 0.717) is 12.0 Å². The Morgan fingerprint density at radius 3 is 1.95 bits per heavy atom. The molecule has 3 heterocycles. The second-order valence-corrected chi connectivity index (χ2v) is 10.3. The van der Waals surface area contributed by atoms with E-state index in [1.807, 2.05) is 18.2 Å². The fraction of sp³-hybridized carbons (Fsp3) is 0.571. The molecule has 0 aliphatic carbocycles. The molecule has 0 bridgehead atoms. The number of fused-ring (bicyclic) bond motifs is 2. The molecule has 12 heteroatoms. The Morgan fingerprint density at radius 2 is 1.32 bits per heavy atom. The fourth-order valence-electron chi connectivity index (χ4n) is 5.14. The van der Waals surface area contributed by atoms with Crippen LogP contribution in [0.4, 0.5) is 0 Å². The molecule has 40 heavy (non-hydrogen) atoms. The van der Waals surface area contributed by atoms with Gasteiger partial charge in [-0.05, 0) is 41.2 Å². The van der Waals surface area contributed by atoms with Crippen LogP contribution in [0.1, 0.15) is 34.7 Å². The highest BCUT2D eigenvalue weighted by Crippen LogP contribution is 2.46. The highest BCUT2D eigenvalue weighted by Gasteiger charge is 2.58. The summed E-state index contributed by atoms with van der Waals surface area (Å²) in [6.07, 6.45) is -10.7. The zero-order valence-electron chi connectivity index (χ0n) is 22.0. The van der Waals surface area contributed by atoms with Crippen molar-refractivity contribution < 1.29 is 60.2 Å². The van der Waals surface area contributed by atoms with E-state index in [9.17, 15) is 20.4 Å². The second kappa shape index (κ2) is 12.9. The minimum absolute atomic E-state index is 0.221. The van der Waals surface area contributed by atoms with Gasteiger partial charge in [0.05, 0.1) is 19.8 Å². The number of ether oxygens (including phenoxy) is 3. The number of aliphatic hydroxyl groups excluding tert-OH is 9. The highest BCUT2D eigenvalue weighted by molar-refractivity contribution is 5.41. The first-order valence-corrected chi connectivity index (χ1v) is 13.2. The summed E-state index contributed by atoms with van der Waals surface area (Å²) in [5.74, 6) is -1.59. The fourth-order valence-corrected chi connectivity index (χ4v) is 5.14. The molecule has 2 saturated heterocycles. The lowest BCUT2D eigenvalue weighted by molar-refractivity contribution is -0.368. The highest BCUT2D eigenvalue weighted by atomic mass is 16.7. The Hall–Kier alpha value is -2.04. The van der Waals surface area contributed by atoms with Gasteiger partial charge in [-0.1, -0.05) is 43.3 Å². The Morgan fingerprint density at radius 1 is 0.725 bits per heavy atom. The van der Waals surface area contributed by atoms with Crippen LogP contribution >= 0.6 is 0 Å². The van der Waals surface area contributed by atoms with Crippen molar-refractivity contribution in [2.75, 3.05) is 13.2 Å². The lowest BCUT2D eigenvalue weighted by Crippen LogP contribution is -2.63. The van der Waals surface area contributed by atoms with Crippen molar-refractivity contribution in [2.45, 2.75) is 87.3 Å². The predicted octanol–water partition coefficient (Wildman–Crippen LogP) is -2.22. The maximum absolute atomic E-state index is 10.7. The average Bonchev–Trinajstić information content (AvgIpc) is 3.33. The molecular formula is C28H38O12. The van der Waals surface area contributed by atoms with Gasteiger partial charge in [-0.3, -0.25) is 0 Å². The maximum Gasteiger partial charge on any atom is 0.225 e. The first-order chi connectivity index (χ1) is 19.1. The van der Waals surface area contributed by atoms with Gasteiger partial charge in [0.2, 0.25) is 5.79 Å². The molecule has 5 rings (SSSR count). The standard InChI is InChI=1S/C22H26O6.C6H12O6/c1-2-13-3-5-14(6-4-13)9-15-7-8-16-12-27-22(17(16)10-15)21(26)20(25)19(24)18(11-23)28-22;7-1-2-3(8)4(9)5(10)6(11)12-2/h3-8,10,18-21,23-26H,2,9,11-12H2,1H3;2-11H,1H2/t18-,19-,20+,21-,22+;2-,3+,4+,5-,6?/m11/s1. The van der Waals surface area contributed by atoms with Crippen molar-refractivity contribution >= 4 is 0 Å². The molecule has 9 N–H and O–H groups in total. The molecule has 2 aromatic rings. The molecular weight excluding hydrogens is 528 g/mol. The van der Waals surface area contributed by atoms with E-state index in [4.69, 9.17) is 35.0 Å². The second-order valence-electron chi connectivity index (χ2n) is 10.3. The summed E-state index contributed by atoms with van der Waals surface area (Å²) in [7, 11) is 0. The molecule has 2 aromatic carbocycles. The van der Waals surface area contributed by atoms with Gasteiger partial charge in [0.25, 0.3) is 0 Å². The summed E-state index contributed by atoms with van der Waals surface area (Å²) in [5.41, 5.74) is 4.95. The van der Waals surface area contributed by atoms with Crippen molar-refractivity contribution in [1.29, 1.82) is 0 Å². The maximum atomic E-state index is 10.7. The number of aryl methyl sites for hydroxylation is 1. The summed E-state index contributed by atoms with van der Waals surface area (Å²) in [6, 6.07) is 14.3. The molecule has 12 nitrogen and oxygen atoms in total. The molecule has 3 aliphatic heterocycles. The average molecular weight is 567 g/mol. The van der Waals surface area contributed by atoms with Gasteiger partial charge in [0, 0.05) is 5.56 Å². The van der Waals surface area contributed by atoms with E-state index >= 15 is 0 Å². The lowest BCUT2D eigenvalue weighted by Gasteiger charge is -2.46. The van der Waals surface area contributed by atoms with Crippen LogP contribution in [-0.2, 0) is 39.4 Å². The minimum atomic E-state index is -1.59. The van der Waals surface area contributed by atoms with Gasteiger partial charge in [-0.25, -0.2) is 0 Å². The lowest BCUT2D eigenvalue weighted by atomic mass is 9.86. The van der Waals surface area contributed by atoms with Crippen LogP contribution < -0.4 is 0 Å². The SMILES string of the molecule is CCc1ccc(Cc2ccc3c(c2)[C@]2(OC3)O[C@H](CO)[C@@H](O)[C@H](O)[C@H]2O)cc1.OC[C@H]1OC(O)[C@H](O)[C@@H](O)[C@H]1O. The summed E-state index contributed by atoms with van der Waals surface area (Å²) in [4.78, 5) is 0. The third-order valence-electron chi connectivity index (χ3n) is 7.65. The minimum Gasteiger partial charge on any atom is -0.394 e. The van der Waals surface area contributed by atoms with Crippen LogP contribution in [0, 0.1) is 0 Å². The summed E-state index contributed by atoms with van der Waals surface area (Å²) < 4.78 is 16.2. The molecule has 10 atom stereocenters. The molecule has 222 valence electrons. The van der Waals surface area contributed by atoms with Crippen LogP contribution in [0.2, 0.25) is 0 Å². The summed E-state index contributed by atoms with van der Waals surface area (Å²) >= 11 is 0. The smallest absolute Gasteiger partial charge is 0.225 e. The van der Waals surface area contributed by atoms with E-state index in [-0.39, 0.29) is 6.61 Å². The van der Waals surface area contributed by atoms with Crippen molar-refractivity contribution in [3.05, 3.63) is 70.3 Å². The number of benzene rings is 2. The van der Waals surface area contributed by atoms with Crippen LogP contribution in [-0.4, -0.2) is 114 Å². The molecule has 3 aliphatic rings. The van der Waals surface area contributed by atoms with Crippen LogP contribution in [0.3, 0.4) is 0 Å². The third kappa shape index (κ3) is 5.95. The number of aliphatic hydroxyl groups is 9. The monoisotopic (exact) mass is 566 g/mol. The van der Waals surface area contributed by atoms with Gasteiger partial charge in [-0.2, -0.15) is 0 Å². The number of rotatable bonds is 5. The van der Waals surface area contributed by atoms with Crippen molar-refractivity contribution in [1.82, 2.24) is 0 Å². The molecule has 1 spiro atoms. The normalized spacial score (nSPS) is 37.1. The van der Waals surface area contributed by atoms with E-state index in [1.54, 1.807) is 0 Å². The summed E-state index contributed by atoms with van der Waals surface area (Å²) in [6.45, 7) is 1.32. The molecule has 0 aromatic heterocycles. The zero-order chi connectivity index (χ0) is 29.2. The largest absolute Gasteiger partial charge is 0.394 e. The van der Waals surface area contributed by atoms with E-state index in [0.717, 1.165) is 17.5 Å².